The number of anilines is 2. The van der Waals surface area contributed by atoms with E-state index in [4.69, 9.17) is 0 Å². The number of nitrogens with zero attached hydrogens (tertiary/aromatic N) is 1. The first-order chi connectivity index (χ1) is 8.08. The van der Waals surface area contributed by atoms with E-state index in [-0.39, 0.29) is 0 Å². The van der Waals surface area contributed by atoms with Crippen molar-refractivity contribution in [3.05, 3.63) is 24.3 Å². The summed E-state index contributed by atoms with van der Waals surface area (Å²) >= 11 is 0. The predicted octanol–water partition coefficient (Wildman–Crippen LogP) is 2.74. The summed E-state index contributed by atoms with van der Waals surface area (Å²) < 4.78 is 24.0. The van der Waals surface area contributed by atoms with Gasteiger partial charge in [0.2, 0.25) is 0 Å². The molecule has 0 bridgehead atoms. The SMILES string of the molecule is CCN(CC)c1ccc(NC(=O)C(F)F)cc1. The molecule has 17 heavy (non-hydrogen) atoms. The topological polar surface area (TPSA) is 32.3 Å². The summed E-state index contributed by atoms with van der Waals surface area (Å²) in [5.41, 5.74) is 1.39. The Morgan fingerprint density at radius 2 is 1.76 bits per heavy atom. The highest BCUT2D eigenvalue weighted by Gasteiger charge is 2.14. The second-order valence-electron chi connectivity index (χ2n) is 3.51. The van der Waals surface area contributed by atoms with Crippen LogP contribution in [0.15, 0.2) is 24.3 Å². The number of benzene rings is 1. The summed E-state index contributed by atoms with van der Waals surface area (Å²) in [6, 6.07) is 6.84. The van der Waals surface area contributed by atoms with Crippen molar-refractivity contribution in [2.24, 2.45) is 0 Å². The molecule has 1 aromatic carbocycles. The molecule has 0 unspecified atom stereocenters. The molecule has 0 aromatic heterocycles. The molecule has 0 spiro atoms. The normalized spacial score (nSPS) is 10.4. The Morgan fingerprint density at radius 3 is 2.18 bits per heavy atom. The number of carbonyl (C=O) groups excluding carboxylic acids is 1. The second kappa shape index (κ2) is 6.18. The number of halogens is 2. The first kappa shape index (κ1) is 13.4. The van der Waals surface area contributed by atoms with Crippen LogP contribution in [0, 0.1) is 0 Å². The zero-order valence-electron chi connectivity index (χ0n) is 9.91. The van der Waals surface area contributed by atoms with E-state index in [1.165, 1.54) is 0 Å². The van der Waals surface area contributed by atoms with Gasteiger partial charge < -0.3 is 10.2 Å². The van der Waals surface area contributed by atoms with Crippen molar-refractivity contribution in [3.8, 4) is 0 Å². The highest BCUT2D eigenvalue weighted by molar-refractivity contribution is 5.93. The molecular formula is C12H16F2N2O. The number of hydrogen-bond acceptors (Lipinski definition) is 2. The van der Waals surface area contributed by atoms with Crippen LogP contribution in [0.1, 0.15) is 13.8 Å². The quantitative estimate of drug-likeness (QED) is 0.861. The van der Waals surface area contributed by atoms with Crippen molar-refractivity contribution in [1.82, 2.24) is 0 Å². The fourth-order valence-corrected chi connectivity index (χ4v) is 1.54. The van der Waals surface area contributed by atoms with Crippen molar-refractivity contribution in [2.75, 3.05) is 23.3 Å². The maximum absolute atomic E-state index is 12.0. The average Bonchev–Trinajstić information content (AvgIpc) is 2.32. The van der Waals surface area contributed by atoms with Gasteiger partial charge in [-0.2, -0.15) is 8.78 Å². The van der Waals surface area contributed by atoms with Crippen molar-refractivity contribution in [3.63, 3.8) is 0 Å². The number of alkyl halides is 2. The van der Waals surface area contributed by atoms with Crippen molar-refractivity contribution in [2.45, 2.75) is 20.3 Å². The number of nitrogens with one attached hydrogen (secondary N) is 1. The Labute approximate surface area is 99.4 Å². The summed E-state index contributed by atoms with van der Waals surface area (Å²) in [7, 11) is 0. The van der Waals surface area contributed by atoms with E-state index in [1.54, 1.807) is 24.3 Å². The molecule has 1 rings (SSSR count). The molecule has 0 radical (unpaired) electrons. The number of hydrogen-bond donors (Lipinski definition) is 1. The summed E-state index contributed by atoms with van der Waals surface area (Å²) in [4.78, 5) is 12.9. The Kier molecular flexibility index (Phi) is 4.87. The highest BCUT2D eigenvalue weighted by atomic mass is 19.3. The maximum atomic E-state index is 12.0. The Hall–Kier alpha value is -1.65. The third-order valence-corrected chi connectivity index (χ3v) is 2.46. The van der Waals surface area contributed by atoms with Crippen molar-refractivity contribution >= 4 is 17.3 Å². The molecule has 5 heteroatoms. The zero-order valence-corrected chi connectivity index (χ0v) is 9.91. The molecule has 0 aliphatic rings. The van der Waals surface area contributed by atoms with Gasteiger partial charge in [0, 0.05) is 24.5 Å². The Balaban J connectivity index is 2.71. The van der Waals surface area contributed by atoms with Gasteiger partial charge in [-0.05, 0) is 38.1 Å². The Bertz CT molecular complexity index is 361. The molecular weight excluding hydrogens is 226 g/mol. The summed E-state index contributed by atoms with van der Waals surface area (Å²) in [6.45, 7) is 5.82. The van der Waals surface area contributed by atoms with Gasteiger partial charge in [0.15, 0.2) is 0 Å². The highest BCUT2D eigenvalue weighted by Crippen LogP contribution is 2.17. The molecule has 0 fully saturated rings. The third kappa shape index (κ3) is 3.69. The van der Waals surface area contributed by atoms with E-state index in [0.717, 1.165) is 18.8 Å². The van der Waals surface area contributed by atoms with Gasteiger partial charge in [0.25, 0.3) is 5.91 Å². The van der Waals surface area contributed by atoms with E-state index in [1.807, 2.05) is 13.8 Å². The van der Waals surface area contributed by atoms with E-state index < -0.39 is 12.3 Å². The molecule has 0 aliphatic carbocycles. The van der Waals surface area contributed by atoms with E-state index >= 15 is 0 Å². The minimum Gasteiger partial charge on any atom is -0.372 e. The molecule has 0 saturated heterocycles. The van der Waals surface area contributed by atoms with E-state index in [9.17, 15) is 13.6 Å². The lowest BCUT2D eigenvalue weighted by atomic mass is 10.2. The molecule has 94 valence electrons. The summed E-state index contributed by atoms with van der Waals surface area (Å²) in [5, 5.41) is 2.14. The van der Waals surface area contributed by atoms with Gasteiger partial charge in [0.05, 0.1) is 0 Å². The molecule has 0 saturated carbocycles. The number of amides is 1. The van der Waals surface area contributed by atoms with Crippen LogP contribution in [0.25, 0.3) is 0 Å². The fraction of sp³-hybridized carbons (Fsp3) is 0.417. The van der Waals surface area contributed by atoms with Gasteiger partial charge >= 0.3 is 6.43 Å². The van der Waals surface area contributed by atoms with Gasteiger partial charge in [-0.3, -0.25) is 4.79 Å². The summed E-state index contributed by atoms with van der Waals surface area (Å²) in [5.74, 6) is -1.28. The molecule has 1 amide bonds. The van der Waals surface area contributed by atoms with Crippen LogP contribution in [0.3, 0.4) is 0 Å². The van der Waals surface area contributed by atoms with Gasteiger partial charge in [0.1, 0.15) is 0 Å². The predicted molar refractivity (Wildman–Crippen MR) is 64.6 cm³/mol. The maximum Gasteiger partial charge on any atom is 0.315 e. The van der Waals surface area contributed by atoms with Crippen LogP contribution >= 0.6 is 0 Å². The molecule has 0 aliphatic heterocycles. The lowest BCUT2D eigenvalue weighted by molar-refractivity contribution is -0.126. The number of carbonyl (C=O) groups is 1. The first-order valence-corrected chi connectivity index (χ1v) is 5.52. The minimum absolute atomic E-state index is 0.381. The molecule has 0 atom stereocenters. The van der Waals surface area contributed by atoms with Crippen LogP contribution in [0.2, 0.25) is 0 Å². The zero-order chi connectivity index (χ0) is 12.8. The van der Waals surface area contributed by atoms with E-state index in [0.29, 0.717) is 5.69 Å². The lowest BCUT2D eigenvalue weighted by Gasteiger charge is -2.21. The van der Waals surface area contributed by atoms with Gasteiger partial charge in [-0.25, -0.2) is 0 Å². The molecule has 0 heterocycles. The monoisotopic (exact) mass is 242 g/mol. The lowest BCUT2D eigenvalue weighted by Crippen LogP contribution is -2.22. The third-order valence-electron chi connectivity index (χ3n) is 2.46. The van der Waals surface area contributed by atoms with Gasteiger partial charge in [-0.15, -0.1) is 0 Å². The van der Waals surface area contributed by atoms with Crippen molar-refractivity contribution in [1.29, 1.82) is 0 Å². The molecule has 1 N–H and O–H groups in total. The largest absolute Gasteiger partial charge is 0.372 e. The number of rotatable bonds is 5. The summed E-state index contributed by atoms with van der Waals surface area (Å²) in [6.07, 6.45) is -2.99. The van der Waals surface area contributed by atoms with Crippen molar-refractivity contribution < 1.29 is 13.6 Å². The molecule has 1 aromatic rings. The van der Waals surface area contributed by atoms with Crippen LogP contribution < -0.4 is 10.2 Å². The minimum atomic E-state index is -2.99. The fourth-order valence-electron chi connectivity index (χ4n) is 1.54. The average molecular weight is 242 g/mol. The van der Waals surface area contributed by atoms with Crippen LogP contribution in [-0.2, 0) is 4.79 Å². The van der Waals surface area contributed by atoms with E-state index in [2.05, 4.69) is 10.2 Å². The molecule has 3 nitrogen and oxygen atoms in total. The first-order valence-electron chi connectivity index (χ1n) is 5.52. The standard InChI is InChI=1S/C12H16F2N2O/c1-3-16(4-2)10-7-5-9(6-8-10)15-12(17)11(13)14/h5-8,11H,3-4H2,1-2H3,(H,15,17). The van der Waals surface area contributed by atoms with Crippen LogP contribution in [0.4, 0.5) is 20.2 Å². The van der Waals surface area contributed by atoms with Gasteiger partial charge in [-0.1, -0.05) is 0 Å². The van der Waals surface area contributed by atoms with Crippen LogP contribution in [0.5, 0.6) is 0 Å². The Morgan fingerprint density at radius 1 is 1.24 bits per heavy atom. The van der Waals surface area contributed by atoms with Crippen LogP contribution in [-0.4, -0.2) is 25.4 Å². The smallest absolute Gasteiger partial charge is 0.315 e. The second-order valence-corrected chi connectivity index (χ2v) is 3.51.